The van der Waals surface area contributed by atoms with Crippen molar-refractivity contribution in [3.8, 4) is 5.75 Å². The number of hydrogen-bond acceptors (Lipinski definition) is 7. The van der Waals surface area contributed by atoms with Crippen LogP contribution in [0.2, 0.25) is 0 Å². The number of fused-ring (bicyclic) bond motifs is 1. The molecule has 4 fully saturated rings. The van der Waals surface area contributed by atoms with Gasteiger partial charge in [0.05, 0.1) is 0 Å². The quantitative estimate of drug-likeness (QED) is 0.574. The molecule has 1 aromatic carbocycles. The van der Waals surface area contributed by atoms with Crippen LogP contribution >= 0.6 is 0 Å². The van der Waals surface area contributed by atoms with E-state index in [2.05, 4.69) is 41.8 Å². The molecule has 5 aliphatic rings. The molecule has 2 saturated carbocycles. The summed E-state index contributed by atoms with van der Waals surface area (Å²) in [6.45, 7) is 13.4. The summed E-state index contributed by atoms with van der Waals surface area (Å²) in [6, 6.07) is 9.11. The number of carbonyl (C=O) groups excluding carboxylic acids is 1. The van der Waals surface area contributed by atoms with Gasteiger partial charge < -0.3 is 19.6 Å². The van der Waals surface area contributed by atoms with Crippen molar-refractivity contribution in [3.63, 3.8) is 0 Å². The number of ether oxygens (including phenoxy) is 1. The maximum Gasteiger partial charge on any atom is 0.410 e. The van der Waals surface area contributed by atoms with E-state index < -0.39 is 5.60 Å². The Bertz CT molecular complexity index is 1370. The van der Waals surface area contributed by atoms with Crippen LogP contribution in [0, 0.1) is 31.1 Å². The fraction of sp³-hybridized carbons (Fsp3) is 0.667. The number of aromatic nitrogens is 2. The second-order valence-electron chi connectivity index (χ2n) is 14.6. The molecule has 2 saturated heterocycles. The summed E-state index contributed by atoms with van der Waals surface area (Å²) in [5.41, 5.74) is 4.63. The van der Waals surface area contributed by atoms with E-state index in [1.165, 1.54) is 24.0 Å². The van der Waals surface area contributed by atoms with Gasteiger partial charge >= 0.3 is 6.09 Å². The third-order valence-electron chi connectivity index (χ3n) is 11.2. The van der Waals surface area contributed by atoms with Crippen LogP contribution in [0.15, 0.2) is 24.3 Å². The number of aromatic hydroxyl groups is 1. The van der Waals surface area contributed by atoms with E-state index in [9.17, 15) is 9.90 Å². The fourth-order valence-electron chi connectivity index (χ4n) is 10.1. The van der Waals surface area contributed by atoms with Gasteiger partial charge in [-0.2, -0.15) is 0 Å². The number of piperidine rings is 1. The predicted octanol–water partition coefficient (Wildman–Crippen LogP) is 4.84. The van der Waals surface area contributed by atoms with Crippen LogP contribution in [-0.2, 0) is 16.6 Å². The Morgan fingerprint density at radius 1 is 1.17 bits per heavy atom. The van der Waals surface area contributed by atoms with E-state index in [4.69, 9.17) is 14.7 Å². The molecule has 3 heterocycles. The molecule has 2 aromatic rings. The Balaban J connectivity index is 1.23. The van der Waals surface area contributed by atoms with Gasteiger partial charge in [-0.05, 0) is 120 Å². The lowest BCUT2D eigenvalue weighted by molar-refractivity contribution is -0.0920. The van der Waals surface area contributed by atoms with Crippen LogP contribution in [0.1, 0.15) is 69.0 Å². The summed E-state index contributed by atoms with van der Waals surface area (Å²) in [5.74, 6) is 2.42. The van der Waals surface area contributed by atoms with E-state index >= 15 is 0 Å². The highest BCUT2D eigenvalue weighted by Crippen LogP contribution is 2.75. The van der Waals surface area contributed by atoms with Crippen LogP contribution in [0.3, 0.4) is 0 Å². The summed E-state index contributed by atoms with van der Waals surface area (Å²) >= 11 is 0. The van der Waals surface area contributed by atoms with Crippen LogP contribution in [-0.4, -0.2) is 81.9 Å². The van der Waals surface area contributed by atoms with Crippen LogP contribution in [0.4, 0.5) is 10.7 Å². The van der Waals surface area contributed by atoms with E-state index in [1.807, 2.05) is 33.9 Å². The van der Waals surface area contributed by atoms with Gasteiger partial charge in [0.2, 0.25) is 5.95 Å². The molecular formula is C33H45N5O3. The number of amides is 1. The third-order valence-corrected chi connectivity index (χ3v) is 11.2. The summed E-state index contributed by atoms with van der Waals surface area (Å²) in [5, 5.41) is 10.7. The standard InChI is InChI=1S/C33H45N5O3/c1-20-15-21(2)35-29(34-20)38-19-23-18-32-10-9-26(38)28(23)33(32)11-12-37(14-13-36(6)30(40)41-31(3,4)5)27(32)16-22-7-8-24(39)17-25(22)33/h7-8,15,17,23,26-28,39H,9-14,16,18-19H2,1-6H3/t23-,26-,27-,28-,32-,33+/m1/s1. The smallest absolute Gasteiger partial charge is 0.410 e. The van der Waals surface area contributed by atoms with Crippen molar-refractivity contribution in [2.24, 2.45) is 17.3 Å². The molecule has 1 N–H and O–H groups in total. The van der Waals surface area contributed by atoms with Crippen molar-refractivity contribution in [2.75, 3.05) is 38.1 Å². The molecule has 4 bridgehead atoms. The summed E-state index contributed by atoms with van der Waals surface area (Å²) in [7, 11) is 1.86. The van der Waals surface area contributed by atoms with Crippen molar-refractivity contribution in [1.82, 2.24) is 19.8 Å². The van der Waals surface area contributed by atoms with Gasteiger partial charge in [-0.25, -0.2) is 14.8 Å². The van der Waals surface area contributed by atoms with Crippen molar-refractivity contribution in [2.45, 2.75) is 89.8 Å². The van der Waals surface area contributed by atoms with E-state index in [0.29, 0.717) is 36.2 Å². The number of phenols is 1. The number of benzene rings is 1. The Labute approximate surface area is 244 Å². The number of likely N-dealkylation sites (N-methyl/N-ethyl adjacent to an activating group) is 1. The Hall–Kier alpha value is -2.87. The predicted molar refractivity (Wildman–Crippen MR) is 158 cm³/mol. The number of hydrogen-bond donors (Lipinski definition) is 1. The lowest BCUT2D eigenvalue weighted by atomic mass is 9.43. The zero-order valence-corrected chi connectivity index (χ0v) is 25.5. The van der Waals surface area contributed by atoms with Crippen molar-refractivity contribution >= 4 is 12.0 Å². The zero-order chi connectivity index (χ0) is 28.9. The van der Waals surface area contributed by atoms with Gasteiger partial charge in [-0.3, -0.25) is 4.90 Å². The molecule has 1 amide bonds. The van der Waals surface area contributed by atoms with Gasteiger partial charge in [0.1, 0.15) is 11.4 Å². The lowest BCUT2D eigenvalue weighted by Gasteiger charge is -2.66. The van der Waals surface area contributed by atoms with Crippen molar-refractivity contribution in [1.29, 1.82) is 0 Å². The third kappa shape index (κ3) is 3.92. The molecule has 3 aliphatic carbocycles. The Kier molecular flexibility index (Phi) is 5.97. The number of anilines is 1. The molecule has 0 spiro atoms. The first-order chi connectivity index (χ1) is 19.4. The molecule has 0 unspecified atom stereocenters. The van der Waals surface area contributed by atoms with Gasteiger partial charge in [0, 0.05) is 55.6 Å². The summed E-state index contributed by atoms with van der Waals surface area (Å²) in [6.07, 6.45) is 5.42. The molecular weight excluding hydrogens is 514 g/mol. The van der Waals surface area contributed by atoms with Gasteiger partial charge in [0.15, 0.2) is 0 Å². The zero-order valence-electron chi connectivity index (χ0n) is 25.5. The van der Waals surface area contributed by atoms with Crippen LogP contribution in [0.25, 0.3) is 0 Å². The van der Waals surface area contributed by atoms with E-state index in [0.717, 1.165) is 56.2 Å². The first-order valence-corrected chi connectivity index (χ1v) is 15.5. The molecule has 220 valence electrons. The number of carbonyl (C=O) groups is 1. The minimum absolute atomic E-state index is 0.0543. The maximum atomic E-state index is 12.7. The summed E-state index contributed by atoms with van der Waals surface area (Å²) in [4.78, 5) is 29.5. The van der Waals surface area contributed by atoms with Gasteiger partial charge in [-0.1, -0.05) is 6.07 Å². The number of nitrogens with zero attached hydrogens (tertiary/aromatic N) is 5. The largest absolute Gasteiger partial charge is 0.508 e. The fourth-order valence-corrected chi connectivity index (χ4v) is 10.1. The topological polar surface area (TPSA) is 82.0 Å². The normalized spacial score (nSPS) is 33.4. The minimum atomic E-state index is -0.496. The molecule has 6 atom stereocenters. The van der Waals surface area contributed by atoms with E-state index in [-0.39, 0.29) is 16.9 Å². The van der Waals surface area contributed by atoms with Gasteiger partial charge in [-0.15, -0.1) is 0 Å². The SMILES string of the molecule is Cc1cc(C)nc(N2C[C@H]3C[C@@]45CC[C@@H]2[C@@H]3[C@@]42CCN(CCN(C)C(=O)OC(C)(C)C)[C@@H]5Cc3ccc(O)cc32)n1. The second-order valence-corrected chi connectivity index (χ2v) is 14.6. The van der Waals surface area contributed by atoms with E-state index in [1.54, 1.807) is 4.90 Å². The Morgan fingerprint density at radius 2 is 1.93 bits per heavy atom. The number of rotatable bonds is 4. The average Bonchev–Trinajstić information content (AvgIpc) is 3.33. The first kappa shape index (κ1) is 27.0. The molecule has 8 nitrogen and oxygen atoms in total. The lowest BCUT2D eigenvalue weighted by Crippen LogP contribution is -2.70. The molecule has 0 radical (unpaired) electrons. The molecule has 2 aliphatic heterocycles. The number of likely N-dealkylation sites (tertiary alicyclic amines) is 1. The maximum absolute atomic E-state index is 12.7. The van der Waals surface area contributed by atoms with Crippen molar-refractivity contribution in [3.05, 3.63) is 46.8 Å². The number of aryl methyl sites for hydroxylation is 2. The highest BCUT2D eigenvalue weighted by molar-refractivity contribution is 5.67. The van der Waals surface area contributed by atoms with Crippen LogP contribution < -0.4 is 4.90 Å². The second kappa shape index (κ2) is 9.06. The first-order valence-electron chi connectivity index (χ1n) is 15.5. The van der Waals surface area contributed by atoms with Gasteiger partial charge in [0.25, 0.3) is 0 Å². The van der Waals surface area contributed by atoms with Crippen molar-refractivity contribution < 1.29 is 14.6 Å². The Morgan fingerprint density at radius 3 is 2.66 bits per heavy atom. The molecule has 1 aromatic heterocycles. The monoisotopic (exact) mass is 559 g/mol. The highest BCUT2D eigenvalue weighted by Gasteiger charge is 2.76. The van der Waals surface area contributed by atoms with Crippen LogP contribution in [0.5, 0.6) is 5.75 Å². The minimum Gasteiger partial charge on any atom is -0.508 e. The molecule has 7 rings (SSSR count). The highest BCUT2D eigenvalue weighted by atomic mass is 16.6. The molecule has 41 heavy (non-hydrogen) atoms. The molecule has 8 heteroatoms. The number of phenolic OH excluding ortho intramolecular Hbond substituents is 1. The summed E-state index contributed by atoms with van der Waals surface area (Å²) < 4.78 is 5.64. The average molecular weight is 560 g/mol.